The van der Waals surface area contributed by atoms with E-state index in [0.717, 1.165) is 27.4 Å². The molecule has 39 nitrogen and oxygen atoms in total. The minimum absolute atomic E-state index is 0.0280. The van der Waals surface area contributed by atoms with Crippen LogP contribution in [0.15, 0.2) is 122 Å². The summed E-state index contributed by atoms with van der Waals surface area (Å²) < 4.78 is 0. The maximum atomic E-state index is 15.7. The number of hydrogen-bond acceptors (Lipinski definition) is 19. The number of aliphatic hydroxyl groups excluding tert-OH is 1. The molecule has 4 aromatic carbocycles. The van der Waals surface area contributed by atoms with E-state index in [4.69, 9.17) is 11.5 Å². The van der Waals surface area contributed by atoms with Crippen LogP contribution in [0.25, 0.3) is 43.6 Å². The van der Waals surface area contributed by atoms with Gasteiger partial charge in [0.1, 0.15) is 84.6 Å². The Morgan fingerprint density at radius 3 is 0.935 bits per heavy atom. The molecular formula is C99H142N22O17. The number of aromatic amines is 4. The number of nitrogens with two attached hydrogens (primary N) is 2. The van der Waals surface area contributed by atoms with Crippen molar-refractivity contribution in [2.45, 2.75) is 259 Å². The van der Waals surface area contributed by atoms with Crippen molar-refractivity contribution in [1.82, 2.24) is 105 Å². The van der Waals surface area contributed by atoms with Gasteiger partial charge in [-0.3, -0.25) is 76.7 Å². The monoisotopic (exact) mass is 1910 g/mol. The molecule has 0 aliphatic carbocycles. The van der Waals surface area contributed by atoms with Crippen LogP contribution in [0.4, 0.5) is 0 Å². The third-order valence-electron chi connectivity index (χ3n) is 24.1. The smallest absolute Gasteiger partial charge is 0.243 e. The molecule has 138 heavy (non-hydrogen) atoms. The molecule has 0 spiro atoms. The summed E-state index contributed by atoms with van der Waals surface area (Å²) in [5.41, 5.74) is 17.5. The summed E-state index contributed by atoms with van der Waals surface area (Å²) in [6.45, 7) is 22.7. The summed E-state index contributed by atoms with van der Waals surface area (Å²) in [7, 11) is 0. The van der Waals surface area contributed by atoms with Gasteiger partial charge in [0.2, 0.25) is 95.0 Å². The molecule has 8 aromatic rings. The van der Waals surface area contributed by atoms with Crippen LogP contribution >= 0.6 is 0 Å². The number of hydrogen-bond donors (Lipinski definition) is 23. The van der Waals surface area contributed by atoms with Gasteiger partial charge in [0.05, 0.1) is 13.2 Å². The fourth-order valence-electron chi connectivity index (χ4n) is 16.4. The predicted molar refractivity (Wildman–Crippen MR) is 525 cm³/mol. The van der Waals surface area contributed by atoms with Gasteiger partial charge in [-0.1, -0.05) is 156 Å². The van der Waals surface area contributed by atoms with Crippen LogP contribution < -0.4 is 96.5 Å². The molecule has 4 heterocycles. The molecule has 14 atom stereocenters. The lowest BCUT2D eigenvalue weighted by molar-refractivity contribution is -0.137. The topological polar surface area (TPSA) is 601 Å². The zero-order valence-electron chi connectivity index (χ0n) is 81.3. The van der Waals surface area contributed by atoms with Gasteiger partial charge in [0.25, 0.3) is 0 Å². The quantitative estimate of drug-likeness (QED) is 0.0192. The number of amides is 16. The minimum Gasteiger partial charge on any atom is -0.395 e. The molecule has 0 bridgehead atoms. The highest BCUT2D eigenvalue weighted by atomic mass is 16.3. The lowest BCUT2D eigenvalue weighted by Crippen LogP contribution is -2.62. The Bertz CT molecular complexity index is 5480. The molecule has 16 amide bonds. The normalized spacial score (nSPS) is 14.6. The number of para-hydroxylation sites is 4. The van der Waals surface area contributed by atoms with E-state index in [-0.39, 0.29) is 108 Å². The molecule has 4 aromatic heterocycles. The zero-order chi connectivity index (χ0) is 101. The molecule has 0 radical (unpaired) electrons. The van der Waals surface area contributed by atoms with Gasteiger partial charge in [-0.25, -0.2) is 0 Å². The fraction of sp³-hybridized carbons (Fsp3) is 0.515. The number of H-pyrrole nitrogens is 4. The first-order valence-electron chi connectivity index (χ1n) is 47.6. The van der Waals surface area contributed by atoms with Crippen LogP contribution in [-0.4, -0.2) is 237 Å². The van der Waals surface area contributed by atoms with Gasteiger partial charge >= 0.3 is 0 Å². The number of aromatic nitrogens is 4. The van der Waals surface area contributed by atoms with Gasteiger partial charge < -0.3 is 122 Å². The fourth-order valence-corrected chi connectivity index (χ4v) is 16.4. The van der Waals surface area contributed by atoms with Crippen LogP contribution in [0, 0.1) is 35.5 Å². The Morgan fingerprint density at radius 1 is 0.312 bits per heavy atom. The SMILES string of the molecule is CC(C)C[C@@H](NC(=O)[C@H](C)NC(=O)CNC(=O)[C@@H](NC=O)C(C)C)C(=O)N[C@@H](C)C(=O)N[C@@H](C(=O)N[C@H](C(=O)N[C@@H](C(=O)N[C@@H](Cc1c[nH]c2ccccc12)C(=O)N[C@H](CCCCN)C(=O)N[C@@H](Cc1c[nH]c2ccccc12)C(=O)N[C@H](CCCCN)C(=O)N[C@@H](Cc1c[nH]c2ccccc12)C(=O)N[C@H](CC(C)C)C(=O)N[C@@H](Cc1c[nH]c2ccccc12)C(=O)NCCO)C(C)C)C(C)C)C(C)C. The van der Waals surface area contributed by atoms with E-state index in [1.54, 1.807) is 106 Å². The average Bonchev–Trinajstić information content (AvgIpc) is 1.67. The molecule has 8 rings (SSSR count). The van der Waals surface area contributed by atoms with Crippen molar-refractivity contribution >= 4 is 139 Å². The lowest BCUT2D eigenvalue weighted by Gasteiger charge is -2.31. The van der Waals surface area contributed by atoms with Crippen molar-refractivity contribution in [3.63, 3.8) is 0 Å². The van der Waals surface area contributed by atoms with Crippen molar-refractivity contribution in [1.29, 1.82) is 0 Å². The summed E-state index contributed by atoms with van der Waals surface area (Å²) >= 11 is 0. The number of nitrogens with one attached hydrogen (secondary N) is 20. The van der Waals surface area contributed by atoms with E-state index in [1.165, 1.54) is 13.8 Å². The number of unbranched alkanes of at least 4 members (excludes halogenated alkanes) is 2. The Labute approximate surface area is 803 Å². The second-order valence-corrected chi connectivity index (χ2v) is 37.5. The molecular weight excluding hydrogens is 1770 g/mol. The second kappa shape index (κ2) is 53.8. The van der Waals surface area contributed by atoms with Gasteiger partial charge in [0.15, 0.2) is 0 Å². The highest BCUT2D eigenvalue weighted by molar-refractivity contribution is 6.02. The van der Waals surface area contributed by atoms with Crippen LogP contribution in [0.2, 0.25) is 0 Å². The van der Waals surface area contributed by atoms with E-state index >= 15 is 28.8 Å². The third kappa shape index (κ3) is 32.3. The number of carbonyl (C=O) groups is 16. The van der Waals surface area contributed by atoms with Crippen LogP contribution in [0.1, 0.15) is 171 Å². The molecule has 0 saturated carbocycles. The van der Waals surface area contributed by atoms with Crippen molar-refractivity contribution in [2.75, 3.05) is 32.8 Å². The van der Waals surface area contributed by atoms with E-state index in [1.807, 2.05) is 98.8 Å². The van der Waals surface area contributed by atoms with E-state index < -0.39 is 197 Å². The Hall–Kier alpha value is -13.6. The highest BCUT2D eigenvalue weighted by Gasteiger charge is 2.40. The maximum Gasteiger partial charge on any atom is 0.243 e. The van der Waals surface area contributed by atoms with E-state index in [0.29, 0.717) is 57.7 Å². The first-order valence-corrected chi connectivity index (χ1v) is 47.6. The molecule has 0 fully saturated rings. The average molecular weight is 1910 g/mol. The molecule has 39 heteroatoms. The van der Waals surface area contributed by atoms with Crippen molar-refractivity contribution in [2.24, 2.45) is 47.0 Å². The van der Waals surface area contributed by atoms with Crippen LogP contribution in [0.3, 0.4) is 0 Å². The summed E-state index contributed by atoms with van der Waals surface area (Å²) in [6, 6.07) is 10.8. The Morgan fingerprint density at radius 2 is 0.594 bits per heavy atom. The van der Waals surface area contributed by atoms with Gasteiger partial charge in [-0.2, -0.15) is 0 Å². The lowest BCUT2D eigenvalue weighted by atomic mass is 9.97. The summed E-state index contributed by atoms with van der Waals surface area (Å²) in [4.78, 5) is 242. The van der Waals surface area contributed by atoms with Crippen molar-refractivity contribution in [3.8, 4) is 0 Å². The van der Waals surface area contributed by atoms with Gasteiger partial charge in [-0.15, -0.1) is 0 Å². The van der Waals surface area contributed by atoms with Gasteiger partial charge in [-0.05, 0) is 160 Å². The molecule has 25 N–H and O–H groups in total. The number of fused-ring (bicyclic) bond motifs is 4. The number of carbonyl (C=O) groups excluding carboxylic acids is 16. The molecule has 0 aliphatic rings. The molecule has 0 unspecified atom stereocenters. The van der Waals surface area contributed by atoms with Crippen molar-refractivity contribution < 1.29 is 81.8 Å². The molecule has 0 aliphatic heterocycles. The zero-order valence-corrected chi connectivity index (χ0v) is 81.3. The molecule has 750 valence electrons. The number of benzene rings is 4. The van der Waals surface area contributed by atoms with Crippen molar-refractivity contribution in [3.05, 3.63) is 144 Å². The number of aliphatic hydroxyl groups is 1. The number of rotatable bonds is 57. The first kappa shape index (κ1) is 110. The first-order chi connectivity index (χ1) is 65.7. The second-order valence-electron chi connectivity index (χ2n) is 37.5. The highest BCUT2D eigenvalue weighted by Crippen LogP contribution is 2.26. The van der Waals surface area contributed by atoms with Crippen LogP contribution in [-0.2, 0) is 102 Å². The largest absolute Gasteiger partial charge is 0.395 e. The standard InChI is InChI=1S/C99H142N22O17/c1-53(2)41-75(113-86(125)59(13)109-81(124)51-107-96(135)82(55(5)6)108-52-123)91(130)110-60(14)87(126)119-84(57(9)10)98(137)121-85(58(11)12)99(138)120-83(56(7)8)97(136)118-80(46-64-50-106-72-34-22-18-30-68(64)72)94(133)112-74(36-24-26-38-101)89(128)116-78(44-62-48-104-70-32-20-16-28-66(62)70)93(132)111-73(35-23-25-37-100)90(129)117-79(45-63-49-105-71-33-21-17-29-67(63)71)95(134)114-76(42-54(3)4)92(131)115-77(88(127)102-39-40-122)43-61-47-103-69-31-19-15-27-65(61)69/h15-22,27-34,47-50,52-60,73-80,82-85,103-106,122H,23-26,35-46,51,100-101H2,1-14H3,(H,102,127)(H,107,135)(H,108,123)(H,109,124)(H,110,130)(H,111,132)(H,112,133)(H,113,125)(H,114,134)(H,115,131)(H,116,128)(H,117,129)(H,118,136)(H,119,126)(H,120,138)(H,121,137)/t59-,60-,73+,74+,75+,76+,77-,78-,79-,80-,82-,83+,84+,85-/m0/s1. The Kier molecular flexibility index (Phi) is 42.8. The van der Waals surface area contributed by atoms with Gasteiger partial charge in [0, 0.05) is 101 Å². The maximum absolute atomic E-state index is 15.7. The van der Waals surface area contributed by atoms with E-state index in [9.17, 15) is 53.1 Å². The predicted octanol–water partition coefficient (Wildman–Crippen LogP) is 2.54. The summed E-state index contributed by atoms with van der Waals surface area (Å²) in [5.74, 6) is -14.2. The minimum atomic E-state index is -1.51. The molecule has 0 saturated heterocycles. The van der Waals surface area contributed by atoms with Crippen LogP contribution in [0.5, 0.6) is 0 Å². The summed E-state index contributed by atoms with van der Waals surface area (Å²) in [5, 5.41) is 56.4. The Balaban J connectivity index is 1.02. The van der Waals surface area contributed by atoms with E-state index in [2.05, 4.69) is 105 Å². The summed E-state index contributed by atoms with van der Waals surface area (Å²) in [6.07, 6.45) is 8.13. The third-order valence-corrected chi connectivity index (χ3v) is 24.1.